The smallest absolute Gasteiger partial charge is 0.0223 e. The van der Waals surface area contributed by atoms with Crippen LogP contribution in [0.4, 0.5) is 0 Å². The molecule has 21 heavy (non-hydrogen) atoms. The van der Waals surface area contributed by atoms with Gasteiger partial charge in [-0.1, -0.05) is 44.2 Å². The van der Waals surface area contributed by atoms with Gasteiger partial charge in [-0.05, 0) is 38.0 Å². The summed E-state index contributed by atoms with van der Waals surface area (Å²) >= 11 is 0. The average molecular weight is 284 g/mol. The van der Waals surface area contributed by atoms with Gasteiger partial charge in [-0.3, -0.25) is 0 Å². The van der Waals surface area contributed by atoms with Crippen LogP contribution in [0.5, 0.6) is 0 Å². The molecule has 2 rings (SSSR count). The molecule has 1 N–H and O–H groups in total. The summed E-state index contributed by atoms with van der Waals surface area (Å²) in [6.45, 7) is 14.2. The molecule has 0 unspecified atom stereocenters. The predicted octanol–water partition coefficient (Wildman–Crippen LogP) is 4.19. The molecule has 0 aliphatic heterocycles. The summed E-state index contributed by atoms with van der Waals surface area (Å²) in [6, 6.07) is 13.0. The zero-order valence-corrected chi connectivity index (χ0v) is 14.0. The fourth-order valence-electron chi connectivity index (χ4n) is 3.04. The second-order valence-electron chi connectivity index (χ2n) is 6.49. The Morgan fingerprint density at radius 1 is 1.10 bits per heavy atom. The lowest BCUT2D eigenvalue weighted by molar-refractivity contribution is 0.468. The van der Waals surface area contributed by atoms with Crippen molar-refractivity contribution in [1.82, 2.24) is 9.88 Å². The van der Waals surface area contributed by atoms with Gasteiger partial charge in [0.2, 0.25) is 0 Å². The van der Waals surface area contributed by atoms with E-state index in [2.05, 4.69) is 80.9 Å². The van der Waals surface area contributed by atoms with Crippen molar-refractivity contribution in [2.24, 2.45) is 0 Å². The van der Waals surface area contributed by atoms with Gasteiger partial charge in [0, 0.05) is 36.4 Å². The van der Waals surface area contributed by atoms with Gasteiger partial charge >= 0.3 is 0 Å². The highest BCUT2D eigenvalue weighted by atomic mass is 15.0. The van der Waals surface area contributed by atoms with Crippen LogP contribution < -0.4 is 5.32 Å². The zero-order valence-electron chi connectivity index (χ0n) is 14.0. The van der Waals surface area contributed by atoms with E-state index in [1.54, 1.807) is 0 Å². The number of nitrogens with one attached hydrogen (secondary N) is 1. The van der Waals surface area contributed by atoms with E-state index in [-0.39, 0.29) is 5.41 Å². The number of nitrogens with zero attached hydrogens (tertiary/aromatic N) is 1. The van der Waals surface area contributed by atoms with Crippen LogP contribution in [0.2, 0.25) is 0 Å². The van der Waals surface area contributed by atoms with Gasteiger partial charge < -0.3 is 9.88 Å². The Labute approximate surface area is 129 Å². The van der Waals surface area contributed by atoms with E-state index in [0.29, 0.717) is 0 Å². The Morgan fingerprint density at radius 3 is 2.33 bits per heavy atom. The minimum atomic E-state index is 0.150. The lowest BCUT2D eigenvalue weighted by atomic mass is 9.84. The van der Waals surface area contributed by atoms with E-state index in [1.807, 2.05) is 0 Å². The first-order chi connectivity index (χ1) is 9.95. The molecule has 0 bridgehead atoms. The summed E-state index contributed by atoms with van der Waals surface area (Å²) in [5.74, 6) is 0. The first-order valence-corrected chi connectivity index (χ1v) is 7.87. The molecule has 114 valence electrons. The van der Waals surface area contributed by atoms with E-state index in [4.69, 9.17) is 0 Å². The maximum Gasteiger partial charge on any atom is 0.0223 e. The number of hydrogen-bond acceptors (Lipinski definition) is 1. The number of aromatic nitrogens is 1. The maximum atomic E-state index is 3.63. The van der Waals surface area contributed by atoms with Crippen LogP contribution in [0.1, 0.15) is 43.3 Å². The van der Waals surface area contributed by atoms with Gasteiger partial charge in [-0.25, -0.2) is 0 Å². The maximum absolute atomic E-state index is 3.63. The standard InChI is InChI=1S/C19H28N2/c1-6-21-15(2)12-17(16(21)3)13-20-14-19(4,5)18-10-8-7-9-11-18/h7-12,20H,6,13-14H2,1-5H3. The Balaban J connectivity index is 1.98. The van der Waals surface area contributed by atoms with E-state index < -0.39 is 0 Å². The highest BCUT2D eigenvalue weighted by molar-refractivity contribution is 5.27. The molecule has 0 radical (unpaired) electrons. The monoisotopic (exact) mass is 284 g/mol. The zero-order chi connectivity index (χ0) is 15.5. The SMILES string of the molecule is CCn1c(C)cc(CNCC(C)(C)c2ccccc2)c1C. The molecule has 2 aromatic rings. The summed E-state index contributed by atoms with van der Waals surface area (Å²) in [5.41, 5.74) is 5.70. The molecule has 0 saturated carbocycles. The number of aryl methyl sites for hydroxylation is 1. The number of benzene rings is 1. The van der Waals surface area contributed by atoms with Crippen LogP contribution in [0.25, 0.3) is 0 Å². The molecule has 0 spiro atoms. The van der Waals surface area contributed by atoms with Crippen LogP contribution in [0, 0.1) is 13.8 Å². The van der Waals surface area contributed by atoms with Gasteiger partial charge in [0.25, 0.3) is 0 Å². The van der Waals surface area contributed by atoms with Crippen LogP contribution >= 0.6 is 0 Å². The normalized spacial score (nSPS) is 11.9. The van der Waals surface area contributed by atoms with E-state index in [9.17, 15) is 0 Å². The molecule has 0 aliphatic rings. The molecule has 0 aliphatic carbocycles. The molecule has 0 atom stereocenters. The molecule has 0 fully saturated rings. The van der Waals surface area contributed by atoms with Crippen molar-refractivity contribution in [3.63, 3.8) is 0 Å². The second-order valence-corrected chi connectivity index (χ2v) is 6.49. The van der Waals surface area contributed by atoms with Crippen LogP contribution in [-0.2, 0) is 18.5 Å². The Hall–Kier alpha value is -1.54. The van der Waals surface area contributed by atoms with Crippen LogP contribution in [0.3, 0.4) is 0 Å². The van der Waals surface area contributed by atoms with E-state index >= 15 is 0 Å². The van der Waals surface area contributed by atoms with Crippen molar-refractivity contribution in [2.45, 2.75) is 53.1 Å². The van der Waals surface area contributed by atoms with Crippen molar-refractivity contribution in [3.05, 3.63) is 58.9 Å². The fraction of sp³-hybridized carbons (Fsp3) is 0.474. The van der Waals surface area contributed by atoms with Crippen LogP contribution in [0.15, 0.2) is 36.4 Å². The van der Waals surface area contributed by atoms with Gasteiger partial charge in [0.15, 0.2) is 0 Å². The highest BCUT2D eigenvalue weighted by Gasteiger charge is 2.19. The van der Waals surface area contributed by atoms with Crippen molar-refractivity contribution >= 4 is 0 Å². The third-order valence-corrected chi connectivity index (χ3v) is 4.43. The van der Waals surface area contributed by atoms with Crippen LogP contribution in [-0.4, -0.2) is 11.1 Å². The third-order valence-electron chi connectivity index (χ3n) is 4.43. The van der Waals surface area contributed by atoms with Crippen molar-refractivity contribution in [2.75, 3.05) is 6.54 Å². The fourth-order valence-corrected chi connectivity index (χ4v) is 3.04. The summed E-state index contributed by atoms with van der Waals surface area (Å²) in [7, 11) is 0. The quantitative estimate of drug-likeness (QED) is 0.841. The van der Waals surface area contributed by atoms with Gasteiger partial charge in [0.05, 0.1) is 0 Å². The van der Waals surface area contributed by atoms with Crippen molar-refractivity contribution in [1.29, 1.82) is 0 Å². The van der Waals surface area contributed by atoms with E-state index in [1.165, 1.54) is 22.5 Å². The van der Waals surface area contributed by atoms with E-state index in [0.717, 1.165) is 19.6 Å². The highest BCUT2D eigenvalue weighted by Crippen LogP contribution is 2.22. The lowest BCUT2D eigenvalue weighted by Crippen LogP contribution is -2.32. The molecular weight excluding hydrogens is 256 g/mol. The Morgan fingerprint density at radius 2 is 1.76 bits per heavy atom. The molecule has 0 amide bonds. The predicted molar refractivity (Wildman–Crippen MR) is 90.8 cm³/mol. The minimum absolute atomic E-state index is 0.150. The summed E-state index contributed by atoms with van der Waals surface area (Å²) in [5, 5.41) is 3.63. The van der Waals surface area contributed by atoms with Gasteiger partial charge in [-0.2, -0.15) is 0 Å². The Bertz CT molecular complexity index is 579. The number of hydrogen-bond donors (Lipinski definition) is 1. The van der Waals surface area contributed by atoms with Gasteiger partial charge in [-0.15, -0.1) is 0 Å². The summed E-state index contributed by atoms with van der Waals surface area (Å²) < 4.78 is 2.37. The Kier molecular flexibility index (Phi) is 4.89. The molecular formula is C19H28N2. The molecule has 1 aromatic heterocycles. The number of rotatable bonds is 6. The molecule has 2 nitrogen and oxygen atoms in total. The molecule has 0 saturated heterocycles. The largest absolute Gasteiger partial charge is 0.349 e. The first-order valence-electron chi connectivity index (χ1n) is 7.87. The first kappa shape index (κ1) is 15.8. The van der Waals surface area contributed by atoms with Crippen molar-refractivity contribution < 1.29 is 0 Å². The summed E-state index contributed by atoms with van der Waals surface area (Å²) in [4.78, 5) is 0. The lowest BCUT2D eigenvalue weighted by Gasteiger charge is -2.25. The topological polar surface area (TPSA) is 17.0 Å². The summed E-state index contributed by atoms with van der Waals surface area (Å²) in [6.07, 6.45) is 0. The third kappa shape index (κ3) is 3.56. The molecule has 2 heteroatoms. The van der Waals surface area contributed by atoms with Crippen molar-refractivity contribution in [3.8, 4) is 0 Å². The van der Waals surface area contributed by atoms with Gasteiger partial charge in [0.1, 0.15) is 0 Å². The average Bonchev–Trinajstić information content (AvgIpc) is 2.74. The minimum Gasteiger partial charge on any atom is -0.349 e. The molecule has 1 heterocycles. The molecule has 1 aromatic carbocycles. The second kappa shape index (κ2) is 6.48.